The maximum atomic E-state index is 4.27. The largest absolute Gasteiger partial charge is 0.278 e. The summed E-state index contributed by atoms with van der Waals surface area (Å²) in [5.74, 6) is 5.93. The monoisotopic (exact) mass is 185 g/mol. The highest BCUT2D eigenvalue weighted by atomic mass is 14.8. The molecule has 0 aliphatic heterocycles. The predicted octanol–water partition coefficient (Wildman–Crippen LogP) is 2.91. The van der Waals surface area contributed by atoms with Gasteiger partial charge >= 0.3 is 0 Å². The molecule has 0 spiro atoms. The minimum atomic E-state index is -0.0363. The molecule has 72 valence electrons. The third-order valence-corrected chi connectivity index (χ3v) is 1.51. The standard InChI is InChI=1S/C13H15N/c1-13(2,3)14-11-7-10-12-8-5-4-6-9-12/h4-6,8-9,11H,1-3H3. The highest BCUT2D eigenvalue weighted by Crippen LogP contribution is 2.03. The Labute approximate surface area is 85.9 Å². The lowest BCUT2D eigenvalue weighted by Crippen LogP contribution is -2.08. The molecule has 0 aliphatic carbocycles. The number of aliphatic imine (C=N–C) groups is 1. The molecule has 0 atom stereocenters. The van der Waals surface area contributed by atoms with Gasteiger partial charge < -0.3 is 0 Å². The maximum Gasteiger partial charge on any atom is 0.0721 e. The van der Waals surface area contributed by atoms with Crippen molar-refractivity contribution in [2.75, 3.05) is 0 Å². The van der Waals surface area contributed by atoms with Crippen LogP contribution in [0.15, 0.2) is 35.3 Å². The molecule has 0 radical (unpaired) electrons. The minimum Gasteiger partial charge on any atom is -0.278 e. The fourth-order valence-electron chi connectivity index (χ4n) is 0.863. The first-order valence-electron chi connectivity index (χ1n) is 4.68. The zero-order chi connectivity index (χ0) is 10.4. The molecule has 0 aliphatic rings. The third kappa shape index (κ3) is 4.47. The van der Waals surface area contributed by atoms with Crippen LogP contribution in [-0.4, -0.2) is 11.8 Å². The second-order valence-electron chi connectivity index (χ2n) is 4.06. The second kappa shape index (κ2) is 4.62. The Hall–Kier alpha value is -1.55. The van der Waals surface area contributed by atoms with Crippen LogP contribution in [-0.2, 0) is 0 Å². The maximum absolute atomic E-state index is 4.27. The van der Waals surface area contributed by atoms with Crippen molar-refractivity contribution in [1.82, 2.24) is 0 Å². The van der Waals surface area contributed by atoms with E-state index in [4.69, 9.17) is 0 Å². The van der Waals surface area contributed by atoms with Gasteiger partial charge in [0.25, 0.3) is 0 Å². The molecule has 0 amide bonds. The van der Waals surface area contributed by atoms with Gasteiger partial charge in [0.1, 0.15) is 0 Å². The van der Waals surface area contributed by atoms with Crippen LogP contribution in [0.2, 0.25) is 0 Å². The van der Waals surface area contributed by atoms with Crippen LogP contribution in [0.25, 0.3) is 0 Å². The van der Waals surface area contributed by atoms with Crippen molar-refractivity contribution >= 4 is 6.21 Å². The van der Waals surface area contributed by atoms with E-state index < -0.39 is 0 Å². The average molecular weight is 185 g/mol. The summed E-state index contributed by atoms with van der Waals surface area (Å²) in [5, 5.41) is 0. The third-order valence-electron chi connectivity index (χ3n) is 1.51. The summed E-state index contributed by atoms with van der Waals surface area (Å²) >= 11 is 0. The minimum absolute atomic E-state index is 0.0363. The van der Waals surface area contributed by atoms with Crippen LogP contribution >= 0.6 is 0 Å². The van der Waals surface area contributed by atoms with Gasteiger partial charge in [0, 0.05) is 5.56 Å². The van der Waals surface area contributed by atoms with Crippen LogP contribution in [0.5, 0.6) is 0 Å². The van der Waals surface area contributed by atoms with Gasteiger partial charge in [-0.25, -0.2) is 0 Å². The SMILES string of the molecule is CC(C)(C)N=CC#Cc1ccccc1. The summed E-state index contributed by atoms with van der Waals surface area (Å²) < 4.78 is 0. The van der Waals surface area contributed by atoms with Crippen molar-refractivity contribution in [3.8, 4) is 11.8 Å². The smallest absolute Gasteiger partial charge is 0.0721 e. The molecular weight excluding hydrogens is 170 g/mol. The summed E-state index contributed by atoms with van der Waals surface area (Å²) in [5.41, 5.74) is 0.985. The van der Waals surface area contributed by atoms with E-state index in [1.807, 2.05) is 51.1 Å². The van der Waals surface area contributed by atoms with E-state index in [1.54, 1.807) is 6.21 Å². The van der Waals surface area contributed by atoms with Gasteiger partial charge in [-0.05, 0) is 38.8 Å². The molecule has 0 saturated heterocycles. The predicted molar refractivity (Wildman–Crippen MR) is 61.6 cm³/mol. The summed E-state index contributed by atoms with van der Waals surface area (Å²) in [6.45, 7) is 6.15. The van der Waals surface area contributed by atoms with Crippen molar-refractivity contribution < 1.29 is 0 Å². The Morgan fingerprint density at radius 1 is 1.14 bits per heavy atom. The quantitative estimate of drug-likeness (QED) is 0.435. The molecule has 0 heterocycles. The van der Waals surface area contributed by atoms with Crippen molar-refractivity contribution in [2.24, 2.45) is 4.99 Å². The molecule has 1 aromatic carbocycles. The van der Waals surface area contributed by atoms with Gasteiger partial charge in [-0.3, -0.25) is 4.99 Å². The van der Waals surface area contributed by atoms with Crippen LogP contribution in [0, 0.1) is 11.8 Å². The van der Waals surface area contributed by atoms with Crippen LogP contribution in [0.3, 0.4) is 0 Å². The molecule has 1 nitrogen and oxygen atoms in total. The summed E-state index contributed by atoms with van der Waals surface area (Å²) in [7, 11) is 0. The average Bonchev–Trinajstić information content (AvgIpc) is 2.13. The Balaban J connectivity index is 2.62. The van der Waals surface area contributed by atoms with Gasteiger partial charge in [0.05, 0.1) is 11.8 Å². The summed E-state index contributed by atoms with van der Waals surface area (Å²) in [4.78, 5) is 4.27. The second-order valence-corrected chi connectivity index (χ2v) is 4.06. The molecule has 0 saturated carbocycles. The molecule has 0 unspecified atom stereocenters. The van der Waals surface area contributed by atoms with Gasteiger partial charge in [0.2, 0.25) is 0 Å². The van der Waals surface area contributed by atoms with Crippen molar-refractivity contribution in [3.05, 3.63) is 35.9 Å². The van der Waals surface area contributed by atoms with E-state index >= 15 is 0 Å². The van der Waals surface area contributed by atoms with E-state index in [2.05, 4.69) is 16.8 Å². The van der Waals surface area contributed by atoms with E-state index in [-0.39, 0.29) is 5.54 Å². The molecule has 0 N–H and O–H groups in total. The molecular formula is C13H15N. The van der Waals surface area contributed by atoms with Gasteiger partial charge in [-0.15, -0.1) is 0 Å². The normalized spacial score (nSPS) is 11.1. The fourth-order valence-corrected chi connectivity index (χ4v) is 0.863. The van der Waals surface area contributed by atoms with Crippen molar-refractivity contribution in [3.63, 3.8) is 0 Å². The number of nitrogens with zero attached hydrogens (tertiary/aromatic N) is 1. The lowest BCUT2D eigenvalue weighted by atomic mass is 10.1. The van der Waals surface area contributed by atoms with Crippen LogP contribution < -0.4 is 0 Å². The number of benzene rings is 1. The number of hydrogen-bond acceptors (Lipinski definition) is 1. The summed E-state index contributed by atoms with van der Waals surface area (Å²) in [6, 6.07) is 9.90. The Bertz CT molecular complexity index is 358. The van der Waals surface area contributed by atoms with Crippen molar-refractivity contribution in [1.29, 1.82) is 0 Å². The molecule has 1 aromatic rings. The van der Waals surface area contributed by atoms with Crippen LogP contribution in [0.4, 0.5) is 0 Å². The first-order valence-corrected chi connectivity index (χ1v) is 4.68. The lowest BCUT2D eigenvalue weighted by molar-refractivity contribution is 0.587. The highest BCUT2D eigenvalue weighted by molar-refractivity contribution is 5.79. The molecule has 14 heavy (non-hydrogen) atoms. The lowest BCUT2D eigenvalue weighted by Gasteiger charge is -2.08. The molecule has 0 fully saturated rings. The zero-order valence-corrected chi connectivity index (χ0v) is 8.91. The van der Waals surface area contributed by atoms with E-state index in [0.29, 0.717) is 0 Å². The van der Waals surface area contributed by atoms with E-state index in [9.17, 15) is 0 Å². The summed E-state index contributed by atoms with van der Waals surface area (Å²) in [6.07, 6.45) is 1.67. The Morgan fingerprint density at radius 3 is 2.36 bits per heavy atom. The Morgan fingerprint density at radius 2 is 1.79 bits per heavy atom. The van der Waals surface area contributed by atoms with Gasteiger partial charge in [0.15, 0.2) is 0 Å². The highest BCUT2D eigenvalue weighted by Gasteiger charge is 2.03. The molecule has 1 heteroatoms. The van der Waals surface area contributed by atoms with E-state index in [1.165, 1.54) is 0 Å². The van der Waals surface area contributed by atoms with Crippen molar-refractivity contribution in [2.45, 2.75) is 26.3 Å². The molecule has 0 bridgehead atoms. The molecule has 1 rings (SSSR count). The van der Waals surface area contributed by atoms with E-state index in [0.717, 1.165) is 5.56 Å². The number of rotatable bonds is 0. The van der Waals surface area contributed by atoms with Gasteiger partial charge in [-0.1, -0.05) is 24.1 Å². The number of hydrogen-bond donors (Lipinski definition) is 0. The first-order chi connectivity index (χ1) is 6.58. The fraction of sp³-hybridized carbons (Fsp3) is 0.308. The zero-order valence-electron chi connectivity index (χ0n) is 8.91. The van der Waals surface area contributed by atoms with Crippen LogP contribution in [0.1, 0.15) is 26.3 Å². The first kappa shape index (κ1) is 10.5. The topological polar surface area (TPSA) is 12.4 Å². The molecule has 0 aromatic heterocycles. The Kier molecular flexibility index (Phi) is 3.48. The van der Waals surface area contributed by atoms with Gasteiger partial charge in [-0.2, -0.15) is 0 Å².